The first-order valence-corrected chi connectivity index (χ1v) is 16.2. The summed E-state index contributed by atoms with van der Waals surface area (Å²) in [6.45, 7) is -0.0947. The van der Waals surface area contributed by atoms with Crippen LogP contribution in [0.2, 0.25) is 0 Å². The van der Waals surface area contributed by atoms with Crippen LogP contribution in [0.5, 0.6) is 29.1 Å². The van der Waals surface area contributed by atoms with E-state index in [-0.39, 0.29) is 35.4 Å². The zero-order valence-electron chi connectivity index (χ0n) is 30.3. The summed E-state index contributed by atoms with van der Waals surface area (Å²) >= 11 is 0. The van der Waals surface area contributed by atoms with Crippen molar-refractivity contribution >= 4 is 23.1 Å². The van der Waals surface area contributed by atoms with Crippen LogP contribution in [0.4, 0.5) is 13.2 Å². The second-order valence-electron chi connectivity index (χ2n) is 10.8. The van der Waals surface area contributed by atoms with E-state index in [1.165, 1.54) is 65.5 Å². The Morgan fingerprint density at radius 1 is 0.696 bits per heavy atom. The van der Waals surface area contributed by atoms with Crippen molar-refractivity contribution in [2.75, 3.05) is 28.4 Å². The van der Waals surface area contributed by atoms with Gasteiger partial charge in [0.15, 0.2) is 0 Å². The van der Waals surface area contributed by atoms with Gasteiger partial charge in [-0.15, -0.1) is 0 Å². The monoisotopic (exact) mass is 770 g/mol. The molecule has 0 aliphatic heterocycles. The molecule has 5 rings (SSSR count). The molecule has 0 saturated carbocycles. The summed E-state index contributed by atoms with van der Waals surface area (Å²) in [4.78, 5) is 35.6. The molecule has 3 aromatic carbocycles. The molecule has 13 nitrogen and oxygen atoms in total. The normalized spacial score (nSPS) is 11.2. The lowest BCUT2D eigenvalue weighted by atomic mass is 10.0. The first kappa shape index (κ1) is 41.3. The number of hydrogen-bond acceptors (Lipinski definition) is 13. The van der Waals surface area contributed by atoms with Crippen molar-refractivity contribution in [3.05, 3.63) is 144 Å². The average molecular weight is 771 g/mol. The summed E-state index contributed by atoms with van der Waals surface area (Å²) in [7, 11) is 5.33. The summed E-state index contributed by atoms with van der Waals surface area (Å²) in [6, 6.07) is 27.3. The maximum Gasteiger partial charge on any atom is 0.433 e. The molecular weight excluding hydrogens is 737 g/mol. The lowest BCUT2D eigenvalue weighted by molar-refractivity contribution is -0.141. The van der Waals surface area contributed by atoms with Gasteiger partial charge in [0, 0.05) is 11.6 Å². The number of hydrogen-bond donors (Lipinski definition) is 0. The standard InChI is InChI=1S/C22H17N3O5.C18H16F3NO4/c1-27-13-17(22(26)28-2)16-8-4-6-10-19(16)30-21-11-20(24-14-25-21)29-18-9-5-3-7-15(18)12-23;1-24-11-14(17(23)25-2)13-7-4-3-6-12(13)10-26-16-9-5-8-15(22-16)18(19,20)21/h3-11,13-14H,1-2H3;3-9,11H,10H2,1-2H3/b17-13+;14-11+. The third-order valence-corrected chi connectivity index (χ3v) is 7.21. The van der Waals surface area contributed by atoms with Gasteiger partial charge in [-0.1, -0.05) is 60.7 Å². The third kappa shape index (κ3) is 11.3. The van der Waals surface area contributed by atoms with E-state index in [1.54, 1.807) is 72.8 Å². The van der Waals surface area contributed by atoms with Crippen molar-refractivity contribution < 1.29 is 55.9 Å². The molecular formula is C40H33F3N4O9. The van der Waals surface area contributed by atoms with Gasteiger partial charge in [0.25, 0.3) is 0 Å². The van der Waals surface area contributed by atoms with Crippen molar-refractivity contribution in [2.45, 2.75) is 12.8 Å². The number of ether oxygens (including phenoxy) is 7. The predicted molar refractivity (Wildman–Crippen MR) is 194 cm³/mol. The molecule has 0 saturated heterocycles. The molecule has 0 N–H and O–H groups in total. The minimum Gasteiger partial charge on any atom is -0.503 e. The van der Waals surface area contributed by atoms with Crippen LogP contribution < -0.4 is 14.2 Å². The van der Waals surface area contributed by atoms with Gasteiger partial charge in [0.1, 0.15) is 47.3 Å². The Balaban J connectivity index is 0.000000251. The number of benzene rings is 3. The first-order chi connectivity index (χ1) is 27.0. The van der Waals surface area contributed by atoms with E-state index in [0.29, 0.717) is 33.8 Å². The van der Waals surface area contributed by atoms with E-state index in [9.17, 15) is 28.0 Å². The molecule has 56 heavy (non-hydrogen) atoms. The second kappa shape index (κ2) is 20.2. The number of nitriles is 1. The Morgan fingerprint density at radius 2 is 1.25 bits per heavy atom. The molecule has 2 aromatic heterocycles. The molecule has 0 aliphatic carbocycles. The van der Waals surface area contributed by atoms with E-state index in [2.05, 4.69) is 21.0 Å². The number of methoxy groups -OCH3 is 4. The Kier molecular flexibility index (Phi) is 14.9. The van der Waals surface area contributed by atoms with Gasteiger partial charge in [0.05, 0.1) is 52.6 Å². The van der Waals surface area contributed by atoms with E-state index in [1.807, 2.05) is 0 Å². The van der Waals surface area contributed by atoms with Crippen molar-refractivity contribution in [3.8, 4) is 35.2 Å². The van der Waals surface area contributed by atoms with Gasteiger partial charge in [-0.25, -0.2) is 24.5 Å². The maximum absolute atomic E-state index is 12.7. The number of carbonyl (C=O) groups is 2. The average Bonchev–Trinajstić information content (AvgIpc) is 3.21. The maximum atomic E-state index is 12.7. The number of esters is 2. The quantitative estimate of drug-likeness (QED) is 0.0645. The number of halogens is 3. The molecule has 16 heteroatoms. The highest BCUT2D eigenvalue weighted by Gasteiger charge is 2.32. The number of carbonyl (C=O) groups excluding carboxylic acids is 2. The highest BCUT2D eigenvalue weighted by Crippen LogP contribution is 2.33. The number of pyridine rings is 1. The van der Waals surface area contributed by atoms with Crippen LogP contribution >= 0.6 is 0 Å². The smallest absolute Gasteiger partial charge is 0.433 e. The minimum atomic E-state index is -4.56. The molecule has 0 bridgehead atoms. The molecule has 0 amide bonds. The zero-order valence-corrected chi connectivity index (χ0v) is 30.3. The summed E-state index contributed by atoms with van der Waals surface area (Å²) < 4.78 is 74.6. The highest BCUT2D eigenvalue weighted by atomic mass is 19.4. The van der Waals surface area contributed by atoms with Crippen LogP contribution in [-0.2, 0) is 41.3 Å². The lowest BCUT2D eigenvalue weighted by Crippen LogP contribution is -2.10. The number of alkyl halides is 3. The first-order valence-electron chi connectivity index (χ1n) is 16.2. The number of para-hydroxylation sites is 2. The summed E-state index contributed by atoms with van der Waals surface area (Å²) in [5, 5.41) is 9.20. The molecule has 0 fully saturated rings. The number of aromatic nitrogens is 3. The SMILES string of the molecule is CO/C=C(/C(=O)OC)c1ccccc1COc1cccc(C(F)(F)F)n1.CO/C=C(/C(=O)OC)c1ccccc1Oc1cc(Oc2ccccc2C#N)ncn1. The topological polar surface area (TPSA) is 161 Å². The molecule has 5 aromatic rings. The van der Waals surface area contributed by atoms with Crippen molar-refractivity contribution in [1.29, 1.82) is 5.26 Å². The Hall–Kier alpha value is -7.41. The van der Waals surface area contributed by atoms with Gasteiger partial charge in [-0.3, -0.25) is 0 Å². The Morgan fingerprint density at radius 3 is 1.86 bits per heavy atom. The van der Waals surface area contributed by atoms with E-state index >= 15 is 0 Å². The highest BCUT2D eigenvalue weighted by molar-refractivity contribution is 6.17. The van der Waals surface area contributed by atoms with Crippen LogP contribution in [0.15, 0.2) is 116 Å². The van der Waals surface area contributed by atoms with Crippen LogP contribution in [0.3, 0.4) is 0 Å². The molecule has 0 unspecified atom stereocenters. The Bertz CT molecular complexity index is 2240. The number of rotatable bonds is 13. The predicted octanol–water partition coefficient (Wildman–Crippen LogP) is 7.93. The molecule has 0 aliphatic rings. The molecule has 0 radical (unpaired) electrons. The lowest BCUT2D eigenvalue weighted by Gasteiger charge is -2.13. The van der Waals surface area contributed by atoms with Gasteiger partial charge in [-0.05, 0) is 35.4 Å². The fourth-order valence-electron chi connectivity index (χ4n) is 4.70. The van der Waals surface area contributed by atoms with Crippen LogP contribution in [0, 0.1) is 11.3 Å². The summed E-state index contributed by atoms with van der Waals surface area (Å²) in [6.07, 6.45) is -0.778. The third-order valence-electron chi connectivity index (χ3n) is 7.21. The van der Waals surface area contributed by atoms with Crippen LogP contribution in [-0.4, -0.2) is 55.3 Å². The Labute approximate surface area is 319 Å². The van der Waals surface area contributed by atoms with E-state index in [4.69, 9.17) is 33.2 Å². The van der Waals surface area contributed by atoms with Crippen molar-refractivity contribution in [2.24, 2.45) is 0 Å². The molecule has 0 atom stereocenters. The second-order valence-corrected chi connectivity index (χ2v) is 10.8. The van der Waals surface area contributed by atoms with Crippen LogP contribution in [0.1, 0.15) is 27.9 Å². The summed E-state index contributed by atoms with van der Waals surface area (Å²) in [5.41, 5.74) is 1.17. The zero-order chi connectivity index (χ0) is 40.5. The fourth-order valence-corrected chi connectivity index (χ4v) is 4.70. The number of nitrogens with zero attached hydrogens (tertiary/aromatic N) is 4. The fraction of sp³-hybridized carbons (Fsp3) is 0.150. The van der Waals surface area contributed by atoms with E-state index in [0.717, 1.165) is 6.07 Å². The van der Waals surface area contributed by atoms with Gasteiger partial charge < -0.3 is 33.2 Å². The van der Waals surface area contributed by atoms with E-state index < -0.39 is 23.8 Å². The molecule has 288 valence electrons. The van der Waals surface area contributed by atoms with Gasteiger partial charge in [0.2, 0.25) is 17.6 Å². The minimum absolute atomic E-state index is 0.0947. The molecule has 0 spiro atoms. The van der Waals surface area contributed by atoms with Gasteiger partial charge >= 0.3 is 18.1 Å². The van der Waals surface area contributed by atoms with Crippen molar-refractivity contribution in [1.82, 2.24) is 15.0 Å². The van der Waals surface area contributed by atoms with Gasteiger partial charge in [-0.2, -0.15) is 18.4 Å². The summed E-state index contributed by atoms with van der Waals surface area (Å²) in [5.74, 6) is -0.271. The van der Waals surface area contributed by atoms with Crippen LogP contribution in [0.25, 0.3) is 11.1 Å². The molecule has 2 heterocycles. The van der Waals surface area contributed by atoms with Crippen molar-refractivity contribution in [3.63, 3.8) is 0 Å². The largest absolute Gasteiger partial charge is 0.503 e.